The highest BCUT2D eigenvalue weighted by Gasteiger charge is 2.38. The Bertz CT molecular complexity index is 994. The van der Waals surface area contributed by atoms with Crippen LogP contribution in [0.25, 0.3) is 0 Å². The van der Waals surface area contributed by atoms with Crippen LogP contribution in [0.15, 0.2) is 47.4 Å². The number of hydrogen-bond acceptors (Lipinski definition) is 5. The third kappa shape index (κ3) is 4.06. The molecule has 0 unspecified atom stereocenters. The van der Waals surface area contributed by atoms with Gasteiger partial charge in [0.25, 0.3) is 0 Å². The average molecular weight is 445 g/mol. The van der Waals surface area contributed by atoms with Gasteiger partial charge in [-0.15, -0.1) is 11.8 Å². The number of nitrogens with zero attached hydrogens (tertiary/aromatic N) is 1. The van der Waals surface area contributed by atoms with Crippen molar-refractivity contribution in [2.75, 3.05) is 25.5 Å². The van der Waals surface area contributed by atoms with Gasteiger partial charge in [0.05, 0.1) is 29.0 Å². The molecule has 0 bridgehead atoms. The molecule has 2 aromatic carbocycles. The first-order valence-corrected chi connectivity index (χ1v) is 11.5. The maximum absolute atomic E-state index is 13.3. The fourth-order valence-electron chi connectivity index (χ4n) is 3.24. The molecule has 0 radical (unpaired) electrons. The first kappa shape index (κ1) is 20.4. The normalized spacial score (nSPS) is 20.4. The van der Waals surface area contributed by atoms with Gasteiger partial charge in [0.2, 0.25) is 10.0 Å². The number of thioether (sulfide) groups is 1. The van der Waals surface area contributed by atoms with E-state index in [1.807, 2.05) is 0 Å². The summed E-state index contributed by atoms with van der Waals surface area (Å²) in [5, 5.41) is -0.585. The minimum Gasteiger partial charge on any atom is -0.490 e. The van der Waals surface area contributed by atoms with E-state index in [2.05, 4.69) is 0 Å². The number of halogens is 3. The number of fused-ring (bicyclic) bond motifs is 1. The largest absolute Gasteiger partial charge is 0.490 e. The molecule has 10 heteroatoms. The highest BCUT2D eigenvalue weighted by molar-refractivity contribution is 8.01. The molecule has 0 amide bonds. The summed E-state index contributed by atoms with van der Waals surface area (Å²) in [5.74, 6) is 1.42. The van der Waals surface area contributed by atoms with Crippen LogP contribution < -0.4 is 9.47 Å². The van der Waals surface area contributed by atoms with Crippen molar-refractivity contribution in [1.82, 2.24) is 4.31 Å². The second-order valence-corrected chi connectivity index (χ2v) is 9.70. The van der Waals surface area contributed by atoms with Crippen molar-refractivity contribution in [1.29, 1.82) is 0 Å². The summed E-state index contributed by atoms with van der Waals surface area (Å²) in [6.45, 7) is 1.20. The Morgan fingerprint density at radius 2 is 1.69 bits per heavy atom. The molecule has 4 rings (SSSR count). The van der Waals surface area contributed by atoms with E-state index in [0.717, 1.165) is 12.1 Å². The first-order chi connectivity index (χ1) is 13.8. The topological polar surface area (TPSA) is 55.8 Å². The molecule has 1 saturated heterocycles. The molecule has 2 aliphatic rings. The van der Waals surface area contributed by atoms with Crippen LogP contribution in [0.3, 0.4) is 0 Å². The lowest BCUT2D eigenvalue weighted by Crippen LogP contribution is -2.30. The molecule has 1 atom stereocenters. The monoisotopic (exact) mass is 445 g/mol. The van der Waals surface area contributed by atoms with E-state index in [4.69, 9.17) is 9.47 Å². The van der Waals surface area contributed by atoms with E-state index in [9.17, 15) is 21.6 Å². The van der Waals surface area contributed by atoms with Crippen LogP contribution >= 0.6 is 11.8 Å². The van der Waals surface area contributed by atoms with Gasteiger partial charge in [-0.2, -0.15) is 17.5 Å². The van der Waals surface area contributed by atoms with Crippen molar-refractivity contribution in [2.45, 2.75) is 22.9 Å². The number of benzene rings is 2. The van der Waals surface area contributed by atoms with Crippen molar-refractivity contribution in [3.05, 3.63) is 53.6 Å². The van der Waals surface area contributed by atoms with Gasteiger partial charge < -0.3 is 9.47 Å². The zero-order chi connectivity index (χ0) is 20.6. The smallest absolute Gasteiger partial charge is 0.416 e. The quantitative estimate of drug-likeness (QED) is 0.705. The third-order valence-corrected chi connectivity index (χ3v) is 7.95. The maximum Gasteiger partial charge on any atom is 0.416 e. The molecule has 0 spiro atoms. The van der Waals surface area contributed by atoms with Crippen LogP contribution in [0.1, 0.15) is 22.9 Å². The predicted octanol–water partition coefficient (Wildman–Crippen LogP) is 4.30. The molecule has 29 heavy (non-hydrogen) atoms. The van der Waals surface area contributed by atoms with Crippen LogP contribution in [0.5, 0.6) is 11.5 Å². The Kier molecular flexibility index (Phi) is 5.43. The molecule has 0 saturated carbocycles. The molecule has 0 N–H and O–H groups in total. The summed E-state index contributed by atoms with van der Waals surface area (Å²) in [6.07, 6.45) is -3.73. The molecule has 156 valence electrons. The van der Waals surface area contributed by atoms with Gasteiger partial charge in [0.1, 0.15) is 0 Å². The highest BCUT2D eigenvalue weighted by atomic mass is 32.2. The number of alkyl halides is 3. The summed E-state index contributed by atoms with van der Waals surface area (Å²) in [7, 11) is -3.87. The van der Waals surface area contributed by atoms with Gasteiger partial charge >= 0.3 is 6.18 Å². The van der Waals surface area contributed by atoms with Crippen LogP contribution in [0.2, 0.25) is 0 Å². The summed E-state index contributed by atoms with van der Waals surface area (Å²) in [4.78, 5) is 0.0705. The highest BCUT2D eigenvalue weighted by Crippen LogP contribution is 2.43. The fourth-order valence-corrected chi connectivity index (χ4v) is 6.50. The van der Waals surface area contributed by atoms with E-state index in [0.29, 0.717) is 42.4 Å². The molecule has 2 aromatic rings. The summed E-state index contributed by atoms with van der Waals surface area (Å²) in [6, 6.07) is 9.12. The van der Waals surface area contributed by atoms with Gasteiger partial charge in [0, 0.05) is 24.8 Å². The van der Waals surface area contributed by atoms with E-state index >= 15 is 0 Å². The maximum atomic E-state index is 13.3. The molecule has 2 aliphatic heterocycles. The van der Waals surface area contributed by atoms with E-state index in [-0.39, 0.29) is 11.4 Å². The number of ether oxygens (including phenoxy) is 2. The van der Waals surface area contributed by atoms with Gasteiger partial charge in [-0.3, -0.25) is 0 Å². The molecule has 0 aromatic heterocycles. The molecular weight excluding hydrogens is 427 g/mol. The van der Waals surface area contributed by atoms with Crippen LogP contribution in [0, 0.1) is 0 Å². The lowest BCUT2D eigenvalue weighted by Gasteiger charge is -2.24. The zero-order valence-electron chi connectivity index (χ0n) is 15.2. The summed E-state index contributed by atoms with van der Waals surface area (Å²) in [5.41, 5.74) is -0.250. The summed E-state index contributed by atoms with van der Waals surface area (Å²) >= 11 is 1.38. The molecule has 0 aliphatic carbocycles. The van der Waals surface area contributed by atoms with Gasteiger partial charge in [-0.1, -0.05) is 12.1 Å². The molecular formula is C19H18F3NO4S2. The second kappa shape index (κ2) is 7.73. The Morgan fingerprint density at radius 3 is 2.38 bits per heavy atom. The van der Waals surface area contributed by atoms with Gasteiger partial charge in [0.15, 0.2) is 11.5 Å². The Balaban J connectivity index is 1.63. The zero-order valence-corrected chi connectivity index (χ0v) is 16.8. The molecule has 5 nitrogen and oxygen atoms in total. The van der Waals surface area contributed by atoms with Gasteiger partial charge in [-0.05, 0) is 29.8 Å². The van der Waals surface area contributed by atoms with Crippen molar-refractivity contribution >= 4 is 21.8 Å². The number of hydrogen-bond donors (Lipinski definition) is 0. The standard InChI is InChI=1S/C19H18F3NO4S2/c20-19(21,22)14-4-2-13(3-5-14)18-23(8-11-28-18)29(24,25)15-6-7-16-17(12-15)27-10-1-9-26-16/h2-7,12,18H,1,8-11H2/t18-/m1/s1. The first-order valence-electron chi connectivity index (χ1n) is 8.97. The van der Waals surface area contributed by atoms with Crippen molar-refractivity contribution in [3.63, 3.8) is 0 Å². The fraction of sp³-hybridized carbons (Fsp3) is 0.368. The van der Waals surface area contributed by atoms with Crippen LogP contribution in [0.4, 0.5) is 13.2 Å². The molecule has 1 fully saturated rings. The Hall–Kier alpha value is -1.91. The lowest BCUT2D eigenvalue weighted by atomic mass is 10.1. The van der Waals surface area contributed by atoms with Gasteiger partial charge in [-0.25, -0.2) is 8.42 Å². The van der Waals surface area contributed by atoms with E-state index < -0.39 is 27.1 Å². The minimum absolute atomic E-state index is 0.0705. The Labute approximate surface area is 170 Å². The number of sulfonamides is 1. The second-order valence-electron chi connectivity index (χ2n) is 6.62. The SMILES string of the molecule is O=S(=O)(c1ccc2c(c1)OCCCO2)N1CCS[C@@H]1c1ccc(C(F)(F)F)cc1. The lowest BCUT2D eigenvalue weighted by molar-refractivity contribution is -0.137. The van der Waals surface area contributed by atoms with Crippen molar-refractivity contribution in [3.8, 4) is 11.5 Å². The Morgan fingerprint density at radius 1 is 1.00 bits per heavy atom. The van der Waals surface area contributed by atoms with Crippen LogP contribution in [-0.2, 0) is 16.2 Å². The van der Waals surface area contributed by atoms with Crippen molar-refractivity contribution in [2.24, 2.45) is 0 Å². The molecule has 2 heterocycles. The third-order valence-electron chi connectivity index (χ3n) is 4.70. The van der Waals surface area contributed by atoms with Crippen LogP contribution in [-0.4, -0.2) is 38.2 Å². The summed E-state index contributed by atoms with van der Waals surface area (Å²) < 4.78 is 77.4. The number of rotatable bonds is 3. The average Bonchev–Trinajstić information content (AvgIpc) is 3.07. The predicted molar refractivity (Wildman–Crippen MR) is 103 cm³/mol. The minimum atomic E-state index is -4.43. The van der Waals surface area contributed by atoms with E-state index in [1.54, 1.807) is 6.07 Å². The van der Waals surface area contributed by atoms with Crippen molar-refractivity contribution < 1.29 is 31.1 Å². The van der Waals surface area contributed by atoms with E-state index in [1.165, 1.54) is 40.3 Å².